The third kappa shape index (κ3) is 43.1. The third-order valence-electron chi connectivity index (χ3n) is 9.87. The second kappa shape index (κ2) is 42.7. The van der Waals surface area contributed by atoms with Crippen LogP contribution in [0.2, 0.25) is 0 Å². The van der Waals surface area contributed by atoms with Crippen LogP contribution in [0, 0.1) is 0 Å². The van der Waals surface area contributed by atoms with E-state index >= 15 is 0 Å². The summed E-state index contributed by atoms with van der Waals surface area (Å²) in [6.45, 7) is 5.70. The maximum absolute atomic E-state index is 12.5. The van der Waals surface area contributed by atoms with Crippen molar-refractivity contribution in [3.05, 3.63) is 0 Å². The van der Waals surface area contributed by atoms with Crippen molar-refractivity contribution in [1.82, 2.24) is 26.6 Å². The van der Waals surface area contributed by atoms with E-state index in [4.69, 9.17) is 24.1 Å². The Morgan fingerprint density at radius 3 is 1.38 bits per heavy atom. The minimum Gasteiger partial charge on any atom is -0.481 e. The first-order chi connectivity index (χ1) is 30.8. The molecule has 19 heteroatoms. The zero-order valence-electron chi connectivity index (χ0n) is 38.8. The topological polar surface area (TPSA) is 274 Å². The van der Waals surface area contributed by atoms with E-state index in [0.717, 1.165) is 44.9 Å². The van der Waals surface area contributed by atoms with Gasteiger partial charge >= 0.3 is 11.9 Å². The third-order valence-corrected chi connectivity index (χ3v) is 9.87. The van der Waals surface area contributed by atoms with Crippen LogP contribution in [0.4, 0.5) is 0 Å². The second-order valence-electron chi connectivity index (χ2n) is 16.0. The molecule has 0 rings (SSSR count). The molecule has 0 spiro atoms. The van der Waals surface area contributed by atoms with E-state index in [1.807, 2.05) is 0 Å². The highest BCUT2D eigenvalue weighted by Crippen LogP contribution is 2.14. The molecule has 64 heavy (non-hydrogen) atoms. The van der Waals surface area contributed by atoms with Gasteiger partial charge in [0.1, 0.15) is 19.3 Å². The zero-order chi connectivity index (χ0) is 47.5. The molecular formula is C45H81N5O14. The molecule has 2 atom stereocenters. The highest BCUT2D eigenvalue weighted by atomic mass is 16.5. The number of nitrogens with one attached hydrogen (secondary N) is 5. The standard InChI is InChI=1S/C45H81N5O14/c1-36(21-23-40(53)46-25-17-19-39(52)47-26-28-61-31-33-64-35-43(56)48-27-29-62-30-32-63-34-37(2)51)49-42(55)24-22-38(45(59)60)50-41(54)18-15-13-11-9-7-5-3-4-6-8-10-12-14-16-20-44(57)58/h36,38H,3-35H2,1-2H3,(H,46,53)(H,47,52)(H,48,56)(H,49,55)(H,50,54)(H,57,58)(H,59,60)/t36?,38-/m0/s1. The number of carbonyl (C=O) groups is 8. The van der Waals surface area contributed by atoms with E-state index in [2.05, 4.69) is 26.6 Å². The summed E-state index contributed by atoms with van der Waals surface area (Å²) in [5.74, 6) is -3.37. The van der Waals surface area contributed by atoms with E-state index in [1.54, 1.807) is 6.92 Å². The number of carboxylic acids is 2. The first-order valence-electron chi connectivity index (χ1n) is 23.4. The maximum Gasteiger partial charge on any atom is 0.326 e. The fraction of sp³-hybridized carbons (Fsp3) is 0.822. The highest BCUT2D eigenvalue weighted by Gasteiger charge is 2.21. The molecule has 0 saturated carbocycles. The van der Waals surface area contributed by atoms with E-state index in [0.29, 0.717) is 58.7 Å². The van der Waals surface area contributed by atoms with Crippen molar-refractivity contribution in [1.29, 1.82) is 0 Å². The number of carbonyl (C=O) groups excluding carboxylic acids is 6. The quantitative estimate of drug-likeness (QED) is 0.0429. The molecule has 19 nitrogen and oxygen atoms in total. The lowest BCUT2D eigenvalue weighted by molar-refractivity contribution is -0.142. The largest absolute Gasteiger partial charge is 0.481 e. The molecule has 7 N–H and O–H groups in total. The Hall–Kier alpha value is -4.20. The average Bonchev–Trinajstić information content (AvgIpc) is 3.24. The molecule has 1 unspecified atom stereocenters. The molecule has 0 aliphatic carbocycles. The van der Waals surface area contributed by atoms with Crippen molar-refractivity contribution in [2.45, 2.75) is 167 Å². The van der Waals surface area contributed by atoms with Crippen LogP contribution in [0.3, 0.4) is 0 Å². The second-order valence-corrected chi connectivity index (χ2v) is 16.0. The molecule has 370 valence electrons. The lowest BCUT2D eigenvalue weighted by atomic mass is 10.0. The Morgan fingerprint density at radius 1 is 0.422 bits per heavy atom. The lowest BCUT2D eigenvalue weighted by Crippen LogP contribution is -2.42. The molecule has 0 saturated heterocycles. The maximum atomic E-state index is 12.5. The molecule has 0 aromatic rings. The van der Waals surface area contributed by atoms with Crippen molar-refractivity contribution in [3.8, 4) is 0 Å². The number of ketones is 1. The van der Waals surface area contributed by atoms with Crippen molar-refractivity contribution >= 4 is 47.3 Å². The minimum atomic E-state index is -1.20. The van der Waals surface area contributed by atoms with Crippen LogP contribution < -0.4 is 26.6 Å². The number of carboxylic acid groups (broad SMARTS) is 2. The van der Waals surface area contributed by atoms with Gasteiger partial charge in [-0.15, -0.1) is 0 Å². The minimum absolute atomic E-state index is 0.0493. The van der Waals surface area contributed by atoms with Crippen LogP contribution in [0.15, 0.2) is 0 Å². The van der Waals surface area contributed by atoms with Crippen molar-refractivity contribution in [2.75, 3.05) is 72.5 Å². The number of amides is 5. The highest BCUT2D eigenvalue weighted by molar-refractivity contribution is 5.84. The van der Waals surface area contributed by atoms with Crippen LogP contribution in [0.1, 0.15) is 155 Å². The summed E-state index contributed by atoms with van der Waals surface area (Å²) >= 11 is 0. The SMILES string of the molecule is CC(=O)COCCOCCNC(=O)COCCOCCNC(=O)CCCNC(=O)CCC(C)NC(=O)CC[C@H](NC(=O)CCCCCCCCCCCCCCCCC(=O)O)C(=O)O. The van der Waals surface area contributed by atoms with Gasteiger partial charge in [0.25, 0.3) is 0 Å². The van der Waals surface area contributed by atoms with E-state index in [9.17, 15) is 43.5 Å². The predicted molar refractivity (Wildman–Crippen MR) is 239 cm³/mol. The van der Waals surface area contributed by atoms with Gasteiger partial charge in [0, 0.05) is 57.8 Å². The van der Waals surface area contributed by atoms with Gasteiger partial charge in [0.05, 0.1) is 39.6 Å². The smallest absolute Gasteiger partial charge is 0.326 e. The van der Waals surface area contributed by atoms with Crippen molar-refractivity contribution in [3.63, 3.8) is 0 Å². The molecule has 0 aromatic heterocycles. The fourth-order valence-electron chi connectivity index (χ4n) is 6.30. The molecule has 0 aliphatic rings. The number of unbranched alkanes of at least 4 members (excludes halogenated alkanes) is 13. The average molecular weight is 916 g/mol. The Balaban J connectivity index is 3.80. The summed E-state index contributed by atoms with van der Waals surface area (Å²) in [4.78, 5) is 94.0. The van der Waals surface area contributed by atoms with Crippen LogP contribution in [0.25, 0.3) is 0 Å². The molecule has 0 bridgehead atoms. The number of aliphatic carboxylic acids is 2. The summed E-state index contributed by atoms with van der Waals surface area (Å²) in [6, 6.07) is -1.50. The Labute approximate surface area is 380 Å². The van der Waals surface area contributed by atoms with Gasteiger partial charge in [0.2, 0.25) is 29.5 Å². The van der Waals surface area contributed by atoms with Crippen LogP contribution in [-0.2, 0) is 57.3 Å². The molecule has 0 radical (unpaired) electrons. The number of hydrogen-bond donors (Lipinski definition) is 7. The van der Waals surface area contributed by atoms with Gasteiger partial charge in [-0.1, -0.05) is 77.0 Å². The Bertz CT molecular complexity index is 1300. The first kappa shape index (κ1) is 59.8. The first-order valence-corrected chi connectivity index (χ1v) is 23.4. The number of hydrogen-bond acceptors (Lipinski definition) is 12. The Morgan fingerprint density at radius 2 is 0.844 bits per heavy atom. The van der Waals surface area contributed by atoms with Gasteiger partial charge in [-0.3, -0.25) is 33.6 Å². The number of rotatable bonds is 46. The van der Waals surface area contributed by atoms with Crippen LogP contribution >= 0.6 is 0 Å². The summed E-state index contributed by atoms with van der Waals surface area (Å²) < 4.78 is 21.0. The molecular weight excluding hydrogens is 835 g/mol. The Kier molecular flexibility index (Phi) is 39.9. The van der Waals surface area contributed by atoms with E-state index in [-0.39, 0.29) is 113 Å². The van der Waals surface area contributed by atoms with Gasteiger partial charge < -0.3 is 55.7 Å². The predicted octanol–water partition coefficient (Wildman–Crippen LogP) is 3.73. The van der Waals surface area contributed by atoms with Crippen LogP contribution in [-0.4, -0.2) is 142 Å². The van der Waals surface area contributed by atoms with Gasteiger partial charge in [-0.25, -0.2) is 4.79 Å². The van der Waals surface area contributed by atoms with Crippen molar-refractivity contribution < 1.29 is 67.5 Å². The van der Waals surface area contributed by atoms with E-state index in [1.165, 1.54) is 45.4 Å². The number of ether oxygens (including phenoxy) is 4. The number of Topliss-reactive ketones (excluding diaryl/α,β-unsaturated/α-hetero) is 1. The molecule has 0 fully saturated rings. The zero-order valence-corrected chi connectivity index (χ0v) is 38.8. The van der Waals surface area contributed by atoms with Gasteiger partial charge in [-0.2, -0.15) is 0 Å². The van der Waals surface area contributed by atoms with Crippen molar-refractivity contribution in [2.24, 2.45) is 0 Å². The lowest BCUT2D eigenvalue weighted by Gasteiger charge is -2.17. The fourth-order valence-corrected chi connectivity index (χ4v) is 6.30. The summed E-state index contributed by atoms with van der Waals surface area (Å²) in [5, 5.41) is 31.7. The molecule has 0 heterocycles. The molecule has 0 aliphatic heterocycles. The summed E-state index contributed by atoms with van der Waals surface area (Å²) in [7, 11) is 0. The summed E-state index contributed by atoms with van der Waals surface area (Å²) in [5.41, 5.74) is 0. The van der Waals surface area contributed by atoms with Gasteiger partial charge in [0.15, 0.2) is 5.78 Å². The van der Waals surface area contributed by atoms with Gasteiger partial charge in [-0.05, 0) is 46.0 Å². The normalized spacial score (nSPS) is 11.9. The van der Waals surface area contributed by atoms with E-state index < -0.39 is 18.0 Å². The summed E-state index contributed by atoms with van der Waals surface area (Å²) in [6.07, 6.45) is 16.5. The molecule has 5 amide bonds. The molecule has 0 aromatic carbocycles. The van der Waals surface area contributed by atoms with Crippen LogP contribution in [0.5, 0.6) is 0 Å². The monoisotopic (exact) mass is 916 g/mol.